The maximum Gasteiger partial charge on any atom is 0.317 e. The highest BCUT2D eigenvalue weighted by molar-refractivity contribution is 5.95. The lowest BCUT2D eigenvalue weighted by Crippen LogP contribution is -2.40. The van der Waals surface area contributed by atoms with Crippen molar-refractivity contribution in [3.63, 3.8) is 0 Å². The van der Waals surface area contributed by atoms with Crippen LogP contribution in [0.5, 0.6) is 0 Å². The van der Waals surface area contributed by atoms with E-state index in [9.17, 15) is 4.79 Å². The van der Waals surface area contributed by atoms with Crippen LogP contribution in [0.15, 0.2) is 30.7 Å². The number of fused-ring (bicyclic) bond motifs is 3. The van der Waals surface area contributed by atoms with Gasteiger partial charge in [-0.3, -0.25) is 9.36 Å². The Morgan fingerprint density at radius 3 is 2.88 bits per heavy atom. The molecule has 9 nitrogen and oxygen atoms in total. The van der Waals surface area contributed by atoms with Crippen LogP contribution in [0, 0.1) is 6.92 Å². The predicted molar refractivity (Wildman–Crippen MR) is 126 cm³/mol. The highest BCUT2D eigenvalue weighted by Crippen LogP contribution is 2.44. The molecule has 2 aliphatic heterocycles. The molecule has 6 heterocycles. The number of rotatable bonds is 3. The maximum atomic E-state index is 12.4. The summed E-state index contributed by atoms with van der Waals surface area (Å²) < 4.78 is 4.03. The molecule has 1 atom stereocenters. The number of nitrogens with one attached hydrogen (secondary N) is 2. The van der Waals surface area contributed by atoms with Crippen LogP contribution in [0.1, 0.15) is 31.0 Å². The summed E-state index contributed by atoms with van der Waals surface area (Å²) in [6, 6.07) is 4.41. The fraction of sp³-hybridized carbons (Fsp3) is 0.417. The molecule has 0 aliphatic carbocycles. The number of pyridine rings is 1. The van der Waals surface area contributed by atoms with Gasteiger partial charge in [-0.2, -0.15) is 10.2 Å². The Morgan fingerprint density at radius 2 is 2.09 bits per heavy atom. The molecule has 1 fully saturated rings. The van der Waals surface area contributed by atoms with Crippen molar-refractivity contribution in [3.8, 4) is 22.5 Å². The first-order chi connectivity index (χ1) is 16.0. The van der Waals surface area contributed by atoms with E-state index in [1.807, 2.05) is 42.1 Å². The normalized spacial score (nSPS) is 19.7. The van der Waals surface area contributed by atoms with Crippen LogP contribution in [-0.2, 0) is 19.0 Å². The molecule has 2 aliphatic rings. The monoisotopic (exact) mass is 444 g/mol. The van der Waals surface area contributed by atoms with Crippen LogP contribution < -0.4 is 5.32 Å². The van der Waals surface area contributed by atoms with E-state index in [1.165, 1.54) is 5.69 Å². The number of nitrogens with zero attached hydrogens (tertiary/aromatic N) is 6. The second-order valence-electron chi connectivity index (χ2n) is 9.30. The van der Waals surface area contributed by atoms with Crippen LogP contribution in [0.25, 0.3) is 33.5 Å². The van der Waals surface area contributed by atoms with Crippen molar-refractivity contribution in [3.05, 3.63) is 42.0 Å². The van der Waals surface area contributed by atoms with Crippen molar-refractivity contribution in [2.75, 3.05) is 19.6 Å². The minimum atomic E-state index is -0.00106. The van der Waals surface area contributed by atoms with Gasteiger partial charge in [0, 0.05) is 73.2 Å². The third-order valence-corrected chi connectivity index (χ3v) is 7.30. The molecule has 170 valence electrons. The molecule has 4 aromatic rings. The van der Waals surface area contributed by atoms with Crippen LogP contribution >= 0.6 is 0 Å². The van der Waals surface area contributed by atoms with E-state index in [0.29, 0.717) is 6.54 Å². The summed E-state index contributed by atoms with van der Waals surface area (Å²) in [7, 11) is 1.96. The average Bonchev–Trinajstić information content (AvgIpc) is 3.60. The SMILES string of the molecule is CCNC(=O)N1CCC2(CCn3nc(-c4cnc5[nH]cc(-c6c(C)cnn6C)c5c4)cc32)C1. The van der Waals surface area contributed by atoms with E-state index >= 15 is 0 Å². The van der Waals surface area contributed by atoms with Gasteiger partial charge in [0.25, 0.3) is 0 Å². The lowest BCUT2D eigenvalue weighted by Gasteiger charge is -2.23. The number of carbonyl (C=O) groups is 1. The van der Waals surface area contributed by atoms with Gasteiger partial charge in [-0.05, 0) is 44.4 Å². The highest BCUT2D eigenvalue weighted by atomic mass is 16.2. The Bertz CT molecular complexity index is 1360. The molecule has 1 spiro atoms. The first-order valence-electron chi connectivity index (χ1n) is 11.6. The number of likely N-dealkylation sites (tertiary alicyclic amines) is 1. The zero-order valence-corrected chi connectivity index (χ0v) is 19.2. The minimum absolute atomic E-state index is 0.00106. The van der Waals surface area contributed by atoms with E-state index in [0.717, 1.165) is 71.6 Å². The van der Waals surface area contributed by atoms with Gasteiger partial charge in [-0.1, -0.05) is 0 Å². The van der Waals surface area contributed by atoms with E-state index < -0.39 is 0 Å². The highest BCUT2D eigenvalue weighted by Gasteiger charge is 2.46. The first kappa shape index (κ1) is 20.0. The number of hydrogen-bond donors (Lipinski definition) is 2. The number of carbonyl (C=O) groups excluding carboxylic acids is 1. The summed E-state index contributed by atoms with van der Waals surface area (Å²) in [6.45, 7) is 7.11. The van der Waals surface area contributed by atoms with Gasteiger partial charge in [-0.15, -0.1) is 0 Å². The predicted octanol–water partition coefficient (Wildman–Crippen LogP) is 3.21. The number of H-pyrrole nitrogens is 1. The van der Waals surface area contributed by atoms with Crippen LogP contribution in [0.4, 0.5) is 4.79 Å². The van der Waals surface area contributed by atoms with Gasteiger partial charge >= 0.3 is 6.03 Å². The molecule has 0 saturated carbocycles. The lowest BCUT2D eigenvalue weighted by atomic mass is 9.82. The topological polar surface area (TPSA) is 96.7 Å². The second kappa shape index (κ2) is 7.19. The summed E-state index contributed by atoms with van der Waals surface area (Å²) in [5.41, 5.74) is 7.33. The number of aryl methyl sites for hydroxylation is 3. The molecule has 33 heavy (non-hydrogen) atoms. The Hall–Kier alpha value is -3.62. The van der Waals surface area contributed by atoms with E-state index in [4.69, 9.17) is 5.10 Å². The molecule has 4 aromatic heterocycles. The third-order valence-electron chi connectivity index (χ3n) is 7.30. The van der Waals surface area contributed by atoms with Gasteiger partial charge in [0.05, 0.1) is 17.6 Å². The zero-order valence-electron chi connectivity index (χ0n) is 19.2. The van der Waals surface area contributed by atoms with E-state index in [1.54, 1.807) is 0 Å². The van der Waals surface area contributed by atoms with Gasteiger partial charge in [-0.25, -0.2) is 9.78 Å². The fourth-order valence-corrected chi connectivity index (χ4v) is 5.60. The summed E-state index contributed by atoms with van der Waals surface area (Å²) in [4.78, 5) is 22.3. The van der Waals surface area contributed by atoms with Gasteiger partial charge in [0.15, 0.2) is 0 Å². The van der Waals surface area contributed by atoms with Gasteiger partial charge in [0.1, 0.15) is 5.65 Å². The standard InChI is InChI=1S/C24H28N8O/c1-4-25-23(33)31-7-5-24(14-31)6-8-32-20(24)10-19(29-32)16-9-17-18(13-27-22(17)26-12-16)21-15(2)11-28-30(21)3/h9-13H,4-8,14H2,1-3H3,(H,25,33)(H,26,27). The summed E-state index contributed by atoms with van der Waals surface area (Å²) >= 11 is 0. The molecular formula is C24H28N8O. The quantitative estimate of drug-likeness (QED) is 0.507. The van der Waals surface area contributed by atoms with E-state index in [2.05, 4.69) is 44.1 Å². The molecule has 0 bridgehead atoms. The van der Waals surface area contributed by atoms with Crippen molar-refractivity contribution in [1.82, 2.24) is 39.7 Å². The number of hydrogen-bond acceptors (Lipinski definition) is 4. The Kier molecular flexibility index (Phi) is 4.36. The van der Waals surface area contributed by atoms with Crippen LogP contribution in [0.3, 0.4) is 0 Å². The number of aromatic amines is 1. The number of amides is 2. The van der Waals surface area contributed by atoms with Crippen LogP contribution in [0.2, 0.25) is 0 Å². The van der Waals surface area contributed by atoms with Crippen molar-refractivity contribution >= 4 is 17.1 Å². The maximum absolute atomic E-state index is 12.4. The summed E-state index contributed by atoms with van der Waals surface area (Å²) in [6.07, 6.45) is 7.79. The molecule has 0 aromatic carbocycles. The summed E-state index contributed by atoms with van der Waals surface area (Å²) in [5.74, 6) is 0. The average molecular weight is 445 g/mol. The van der Waals surface area contributed by atoms with Gasteiger partial charge < -0.3 is 15.2 Å². The Balaban J connectivity index is 1.36. The van der Waals surface area contributed by atoms with Crippen molar-refractivity contribution in [1.29, 1.82) is 0 Å². The molecular weight excluding hydrogens is 416 g/mol. The van der Waals surface area contributed by atoms with Gasteiger partial charge in [0.2, 0.25) is 0 Å². The molecule has 1 unspecified atom stereocenters. The molecule has 2 amide bonds. The molecule has 0 radical (unpaired) electrons. The fourth-order valence-electron chi connectivity index (χ4n) is 5.60. The second-order valence-corrected chi connectivity index (χ2v) is 9.30. The zero-order chi connectivity index (χ0) is 22.7. The third kappa shape index (κ3) is 2.98. The van der Waals surface area contributed by atoms with Crippen molar-refractivity contribution in [2.45, 2.75) is 38.6 Å². The first-order valence-corrected chi connectivity index (χ1v) is 11.6. The number of urea groups is 1. The van der Waals surface area contributed by atoms with Crippen LogP contribution in [-0.4, -0.2) is 60.1 Å². The largest absolute Gasteiger partial charge is 0.345 e. The lowest BCUT2D eigenvalue weighted by molar-refractivity contribution is 0.206. The smallest absolute Gasteiger partial charge is 0.317 e. The summed E-state index contributed by atoms with van der Waals surface area (Å²) in [5, 5.41) is 13.3. The molecule has 2 N–H and O–H groups in total. The molecule has 9 heteroatoms. The Morgan fingerprint density at radius 1 is 1.24 bits per heavy atom. The van der Waals surface area contributed by atoms with Crippen molar-refractivity contribution in [2.24, 2.45) is 7.05 Å². The Labute approximate surface area is 191 Å². The molecule has 6 rings (SSSR count). The van der Waals surface area contributed by atoms with E-state index in [-0.39, 0.29) is 11.4 Å². The van der Waals surface area contributed by atoms with Crippen molar-refractivity contribution < 1.29 is 4.79 Å². The molecule has 1 saturated heterocycles. The number of aromatic nitrogens is 6. The minimum Gasteiger partial charge on any atom is -0.345 e.